The zero-order valence-electron chi connectivity index (χ0n) is 9.15. The van der Waals surface area contributed by atoms with Crippen molar-refractivity contribution in [3.63, 3.8) is 0 Å². The fraction of sp³-hybridized carbons (Fsp3) is 0.308. The fourth-order valence-electron chi connectivity index (χ4n) is 1.64. The number of benzene rings is 1. The van der Waals surface area contributed by atoms with Crippen molar-refractivity contribution >= 4 is 17.7 Å². The SMILES string of the molecule is Nc1cccc(/C=C/C(=O)NC2CCC2)c1. The highest BCUT2D eigenvalue weighted by atomic mass is 16.1. The van der Waals surface area contributed by atoms with E-state index in [0.29, 0.717) is 11.7 Å². The van der Waals surface area contributed by atoms with Crippen molar-refractivity contribution in [2.45, 2.75) is 25.3 Å². The topological polar surface area (TPSA) is 55.1 Å². The van der Waals surface area contributed by atoms with Crippen LogP contribution in [0.15, 0.2) is 30.3 Å². The lowest BCUT2D eigenvalue weighted by atomic mass is 9.93. The third kappa shape index (κ3) is 2.86. The highest BCUT2D eigenvalue weighted by Gasteiger charge is 2.17. The lowest BCUT2D eigenvalue weighted by Crippen LogP contribution is -2.38. The first kappa shape index (κ1) is 10.7. The Morgan fingerprint density at radius 1 is 1.44 bits per heavy atom. The van der Waals surface area contributed by atoms with Crippen molar-refractivity contribution in [1.29, 1.82) is 0 Å². The minimum absolute atomic E-state index is 0.0212. The number of nitrogens with two attached hydrogens (primary N) is 1. The van der Waals surface area contributed by atoms with Gasteiger partial charge in [0.25, 0.3) is 0 Å². The molecule has 1 aliphatic carbocycles. The molecule has 0 radical (unpaired) electrons. The summed E-state index contributed by atoms with van der Waals surface area (Å²) in [6, 6.07) is 7.85. The van der Waals surface area contributed by atoms with Gasteiger partial charge in [-0.15, -0.1) is 0 Å². The lowest BCUT2D eigenvalue weighted by molar-refractivity contribution is -0.117. The quantitative estimate of drug-likeness (QED) is 0.599. The van der Waals surface area contributed by atoms with Gasteiger partial charge >= 0.3 is 0 Å². The molecule has 0 atom stereocenters. The maximum atomic E-state index is 11.5. The molecule has 1 amide bonds. The summed E-state index contributed by atoms with van der Waals surface area (Å²) in [5.74, 6) is -0.0212. The summed E-state index contributed by atoms with van der Waals surface area (Å²) < 4.78 is 0. The van der Waals surface area contributed by atoms with Crippen molar-refractivity contribution in [3.05, 3.63) is 35.9 Å². The van der Waals surface area contributed by atoms with Crippen LogP contribution in [0.5, 0.6) is 0 Å². The van der Waals surface area contributed by atoms with Crippen molar-refractivity contribution in [1.82, 2.24) is 5.32 Å². The Kier molecular flexibility index (Phi) is 3.25. The average Bonchev–Trinajstić information content (AvgIpc) is 2.21. The van der Waals surface area contributed by atoms with Crippen molar-refractivity contribution in [3.8, 4) is 0 Å². The zero-order chi connectivity index (χ0) is 11.4. The number of carbonyl (C=O) groups excluding carboxylic acids is 1. The summed E-state index contributed by atoms with van der Waals surface area (Å²) in [7, 11) is 0. The highest BCUT2D eigenvalue weighted by Crippen LogP contribution is 2.17. The second kappa shape index (κ2) is 4.84. The molecule has 84 valence electrons. The number of amides is 1. The minimum Gasteiger partial charge on any atom is -0.399 e. The molecule has 0 heterocycles. The van der Waals surface area contributed by atoms with E-state index in [1.807, 2.05) is 24.3 Å². The Hall–Kier alpha value is -1.77. The maximum Gasteiger partial charge on any atom is 0.244 e. The molecule has 2 rings (SSSR count). The Bertz CT molecular complexity index is 408. The number of carbonyl (C=O) groups is 1. The van der Waals surface area contributed by atoms with Crippen LogP contribution in [-0.2, 0) is 4.79 Å². The van der Waals surface area contributed by atoms with Crippen LogP contribution < -0.4 is 11.1 Å². The summed E-state index contributed by atoms with van der Waals surface area (Å²) in [4.78, 5) is 11.5. The van der Waals surface area contributed by atoms with Gasteiger partial charge in [0.2, 0.25) is 5.91 Å². The van der Waals surface area contributed by atoms with Gasteiger partial charge in [0.15, 0.2) is 0 Å². The summed E-state index contributed by atoms with van der Waals surface area (Å²) in [6.45, 7) is 0. The maximum absolute atomic E-state index is 11.5. The number of anilines is 1. The third-order valence-corrected chi connectivity index (χ3v) is 2.79. The molecule has 0 bridgehead atoms. The molecule has 1 saturated carbocycles. The molecule has 0 aliphatic heterocycles. The predicted octanol–water partition coefficient (Wildman–Crippen LogP) is 1.95. The van der Waals surface area contributed by atoms with Crippen LogP contribution in [0.4, 0.5) is 5.69 Å². The van der Waals surface area contributed by atoms with Gasteiger partial charge in [-0.2, -0.15) is 0 Å². The molecule has 3 heteroatoms. The fourth-order valence-corrected chi connectivity index (χ4v) is 1.64. The Morgan fingerprint density at radius 3 is 2.88 bits per heavy atom. The van der Waals surface area contributed by atoms with Gasteiger partial charge in [-0.05, 0) is 43.0 Å². The van der Waals surface area contributed by atoms with Crippen LogP contribution in [0.2, 0.25) is 0 Å². The molecular weight excluding hydrogens is 200 g/mol. The van der Waals surface area contributed by atoms with E-state index in [4.69, 9.17) is 5.73 Å². The summed E-state index contributed by atoms with van der Waals surface area (Å²) >= 11 is 0. The van der Waals surface area contributed by atoms with E-state index in [9.17, 15) is 4.79 Å². The molecule has 1 aromatic carbocycles. The van der Waals surface area contributed by atoms with Gasteiger partial charge in [0.05, 0.1) is 0 Å². The first-order valence-corrected chi connectivity index (χ1v) is 5.58. The summed E-state index contributed by atoms with van der Waals surface area (Å²) in [6.07, 6.45) is 6.79. The highest BCUT2D eigenvalue weighted by molar-refractivity contribution is 5.92. The van der Waals surface area contributed by atoms with Crippen molar-refractivity contribution in [2.75, 3.05) is 5.73 Å². The van der Waals surface area contributed by atoms with Crippen LogP contribution in [0, 0.1) is 0 Å². The molecular formula is C13H16N2O. The predicted molar refractivity (Wildman–Crippen MR) is 65.7 cm³/mol. The number of hydrogen-bond acceptors (Lipinski definition) is 2. The number of hydrogen-bond donors (Lipinski definition) is 2. The van der Waals surface area contributed by atoms with Gasteiger partial charge in [0, 0.05) is 17.8 Å². The van der Waals surface area contributed by atoms with Gasteiger partial charge in [0.1, 0.15) is 0 Å². The van der Waals surface area contributed by atoms with E-state index in [-0.39, 0.29) is 5.91 Å². The van der Waals surface area contributed by atoms with E-state index in [1.54, 1.807) is 12.2 Å². The first-order chi connectivity index (χ1) is 7.74. The summed E-state index contributed by atoms with van der Waals surface area (Å²) in [5.41, 5.74) is 7.30. The van der Waals surface area contributed by atoms with Crippen molar-refractivity contribution in [2.24, 2.45) is 0 Å². The molecule has 0 spiro atoms. The Morgan fingerprint density at radius 2 is 2.25 bits per heavy atom. The van der Waals surface area contributed by atoms with E-state index in [1.165, 1.54) is 6.42 Å². The lowest BCUT2D eigenvalue weighted by Gasteiger charge is -2.25. The monoisotopic (exact) mass is 216 g/mol. The van der Waals surface area contributed by atoms with E-state index >= 15 is 0 Å². The smallest absolute Gasteiger partial charge is 0.244 e. The number of nitrogen functional groups attached to an aromatic ring is 1. The number of rotatable bonds is 3. The van der Waals surface area contributed by atoms with E-state index < -0.39 is 0 Å². The van der Waals surface area contributed by atoms with Crippen LogP contribution in [0.3, 0.4) is 0 Å². The molecule has 16 heavy (non-hydrogen) atoms. The minimum atomic E-state index is -0.0212. The van der Waals surface area contributed by atoms with Gasteiger partial charge in [-0.25, -0.2) is 0 Å². The molecule has 1 fully saturated rings. The van der Waals surface area contributed by atoms with Gasteiger partial charge in [-0.3, -0.25) is 4.79 Å². The standard InChI is InChI=1S/C13H16N2O/c14-11-4-1-3-10(9-11)7-8-13(16)15-12-5-2-6-12/h1,3-4,7-9,12H,2,5-6,14H2,(H,15,16)/b8-7+. The van der Waals surface area contributed by atoms with Gasteiger partial charge in [-0.1, -0.05) is 12.1 Å². The Labute approximate surface area is 95.3 Å². The van der Waals surface area contributed by atoms with Crippen LogP contribution in [0.1, 0.15) is 24.8 Å². The normalized spacial score (nSPS) is 16.0. The van der Waals surface area contributed by atoms with Gasteiger partial charge < -0.3 is 11.1 Å². The second-order valence-electron chi connectivity index (χ2n) is 4.14. The molecule has 0 aromatic heterocycles. The van der Waals surface area contributed by atoms with Crippen molar-refractivity contribution < 1.29 is 4.79 Å². The van der Waals surface area contributed by atoms with E-state index in [2.05, 4.69) is 5.32 Å². The van der Waals surface area contributed by atoms with E-state index in [0.717, 1.165) is 18.4 Å². The molecule has 3 N–H and O–H groups in total. The molecule has 1 aromatic rings. The zero-order valence-corrected chi connectivity index (χ0v) is 9.15. The molecule has 0 saturated heterocycles. The van der Waals surface area contributed by atoms with Crippen LogP contribution >= 0.6 is 0 Å². The molecule has 0 unspecified atom stereocenters. The third-order valence-electron chi connectivity index (χ3n) is 2.79. The number of nitrogens with one attached hydrogen (secondary N) is 1. The van der Waals surface area contributed by atoms with Crippen LogP contribution in [-0.4, -0.2) is 11.9 Å². The average molecular weight is 216 g/mol. The largest absolute Gasteiger partial charge is 0.399 e. The second-order valence-corrected chi connectivity index (χ2v) is 4.14. The molecule has 3 nitrogen and oxygen atoms in total. The summed E-state index contributed by atoms with van der Waals surface area (Å²) in [5, 5.41) is 2.94. The first-order valence-electron chi connectivity index (χ1n) is 5.58. The Balaban J connectivity index is 1.90. The molecule has 1 aliphatic rings. The van der Waals surface area contributed by atoms with Crippen LogP contribution in [0.25, 0.3) is 6.08 Å².